The van der Waals surface area contributed by atoms with Gasteiger partial charge in [-0.15, -0.1) is 5.10 Å². The number of hydrogen-bond donors (Lipinski definition) is 0. The lowest BCUT2D eigenvalue weighted by molar-refractivity contribution is -0.0437. The lowest BCUT2D eigenvalue weighted by Crippen LogP contribution is -2.23. The fraction of sp³-hybridized carbons (Fsp3) is 0.364. The summed E-state index contributed by atoms with van der Waals surface area (Å²) < 4.78 is 62.9. The van der Waals surface area contributed by atoms with Crippen LogP contribution in [0.1, 0.15) is 19.9 Å². The summed E-state index contributed by atoms with van der Waals surface area (Å²) in [5.74, 6) is 0. The van der Waals surface area contributed by atoms with Gasteiger partial charge in [-0.3, -0.25) is 0 Å². The zero-order valence-electron chi connectivity index (χ0n) is 11.4. The van der Waals surface area contributed by atoms with Gasteiger partial charge in [0.2, 0.25) is 5.16 Å². The van der Waals surface area contributed by atoms with E-state index < -0.39 is 20.2 Å². The largest absolute Gasteiger partial charge is 0.501 e. The third-order valence-electron chi connectivity index (χ3n) is 2.60. The van der Waals surface area contributed by atoms with Crippen molar-refractivity contribution in [3.63, 3.8) is 0 Å². The van der Waals surface area contributed by atoms with Crippen LogP contribution in [0, 0.1) is 0 Å². The molecule has 0 fully saturated rings. The molecular formula is C11H11F3N4O2S2. The molecular weight excluding hydrogens is 341 g/mol. The second-order valence-electron chi connectivity index (χ2n) is 4.50. The standard InChI is InChI=1S/C11H11F3N4O2S2/c1-7(2)18-10(15-16-17-18)21-8-5-3-4-6-9(8)22(19,20)11(12,13)14/h3-7H,1-2H3. The van der Waals surface area contributed by atoms with E-state index in [2.05, 4.69) is 15.5 Å². The molecule has 1 aromatic carbocycles. The lowest BCUT2D eigenvalue weighted by atomic mass is 10.4. The molecule has 2 rings (SSSR count). The Morgan fingerprint density at radius 3 is 2.45 bits per heavy atom. The highest BCUT2D eigenvalue weighted by molar-refractivity contribution is 8.00. The van der Waals surface area contributed by atoms with Crippen molar-refractivity contribution in [3.05, 3.63) is 24.3 Å². The average molecular weight is 352 g/mol. The van der Waals surface area contributed by atoms with Crippen molar-refractivity contribution in [2.75, 3.05) is 0 Å². The molecule has 0 radical (unpaired) electrons. The molecule has 0 aliphatic rings. The molecule has 0 amide bonds. The van der Waals surface area contributed by atoms with Crippen LogP contribution in [0.2, 0.25) is 0 Å². The third kappa shape index (κ3) is 3.09. The van der Waals surface area contributed by atoms with Gasteiger partial charge in [0.05, 0.1) is 10.9 Å². The Hall–Kier alpha value is -1.62. The molecule has 0 saturated carbocycles. The lowest BCUT2D eigenvalue weighted by Gasteiger charge is -2.12. The maximum atomic E-state index is 12.7. The van der Waals surface area contributed by atoms with Crippen molar-refractivity contribution in [1.29, 1.82) is 0 Å². The Kier molecular flexibility index (Phi) is 4.47. The van der Waals surface area contributed by atoms with E-state index in [-0.39, 0.29) is 16.1 Å². The van der Waals surface area contributed by atoms with Gasteiger partial charge in [-0.1, -0.05) is 12.1 Å². The molecule has 0 spiro atoms. The van der Waals surface area contributed by atoms with Gasteiger partial charge in [0, 0.05) is 4.90 Å². The smallest absolute Gasteiger partial charge is 0.218 e. The van der Waals surface area contributed by atoms with Crippen LogP contribution in [0.5, 0.6) is 0 Å². The number of tetrazole rings is 1. The van der Waals surface area contributed by atoms with E-state index in [9.17, 15) is 21.6 Å². The molecule has 120 valence electrons. The molecule has 2 aromatic rings. The van der Waals surface area contributed by atoms with Crippen molar-refractivity contribution in [2.45, 2.75) is 40.3 Å². The number of halogens is 3. The molecule has 0 unspecified atom stereocenters. The molecule has 1 heterocycles. The zero-order chi connectivity index (χ0) is 16.5. The first-order chi connectivity index (χ1) is 10.1. The van der Waals surface area contributed by atoms with Gasteiger partial charge in [-0.25, -0.2) is 13.1 Å². The first-order valence-corrected chi connectivity index (χ1v) is 8.30. The number of sulfone groups is 1. The van der Waals surface area contributed by atoms with Crippen LogP contribution in [-0.2, 0) is 9.84 Å². The van der Waals surface area contributed by atoms with E-state index in [1.807, 2.05) is 0 Å². The second kappa shape index (κ2) is 5.88. The SMILES string of the molecule is CC(C)n1nnnc1Sc1ccccc1S(=O)(=O)C(F)(F)F. The molecule has 0 aliphatic heterocycles. The Morgan fingerprint density at radius 2 is 1.86 bits per heavy atom. The van der Waals surface area contributed by atoms with Crippen molar-refractivity contribution in [1.82, 2.24) is 20.2 Å². The summed E-state index contributed by atoms with van der Waals surface area (Å²) >= 11 is 0.767. The summed E-state index contributed by atoms with van der Waals surface area (Å²) in [6, 6.07) is 4.75. The molecule has 0 atom stereocenters. The minimum atomic E-state index is -5.44. The molecule has 0 saturated heterocycles. The first kappa shape index (κ1) is 16.7. The number of benzene rings is 1. The minimum Gasteiger partial charge on any atom is -0.218 e. The molecule has 22 heavy (non-hydrogen) atoms. The Balaban J connectivity index is 2.49. The monoisotopic (exact) mass is 352 g/mol. The summed E-state index contributed by atoms with van der Waals surface area (Å²) in [6.07, 6.45) is 0. The molecule has 0 bridgehead atoms. The van der Waals surface area contributed by atoms with Crippen molar-refractivity contribution >= 4 is 21.6 Å². The van der Waals surface area contributed by atoms with Gasteiger partial charge in [0.25, 0.3) is 9.84 Å². The van der Waals surface area contributed by atoms with Gasteiger partial charge in [0.15, 0.2) is 0 Å². The maximum Gasteiger partial charge on any atom is 0.501 e. The van der Waals surface area contributed by atoms with E-state index >= 15 is 0 Å². The maximum absolute atomic E-state index is 12.7. The molecule has 0 N–H and O–H groups in total. The van der Waals surface area contributed by atoms with Crippen LogP contribution < -0.4 is 0 Å². The summed E-state index contributed by atoms with van der Waals surface area (Å²) in [4.78, 5) is -0.901. The Bertz CT molecular complexity index is 772. The molecule has 0 aliphatic carbocycles. The topological polar surface area (TPSA) is 77.7 Å². The van der Waals surface area contributed by atoms with Crippen LogP contribution in [0.15, 0.2) is 39.2 Å². The number of rotatable bonds is 4. The van der Waals surface area contributed by atoms with Gasteiger partial charge >= 0.3 is 5.51 Å². The fourth-order valence-electron chi connectivity index (χ4n) is 1.56. The molecule has 11 heteroatoms. The van der Waals surface area contributed by atoms with E-state index in [1.165, 1.54) is 22.9 Å². The van der Waals surface area contributed by atoms with Crippen LogP contribution in [-0.4, -0.2) is 34.1 Å². The highest BCUT2D eigenvalue weighted by Crippen LogP contribution is 2.38. The van der Waals surface area contributed by atoms with E-state index in [4.69, 9.17) is 0 Å². The first-order valence-electron chi connectivity index (χ1n) is 6.00. The van der Waals surface area contributed by atoms with Gasteiger partial charge in [-0.05, 0) is 48.2 Å². The van der Waals surface area contributed by atoms with Gasteiger partial charge in [-0.2, -0.15) is 13.2 Å². The number of aromatic nitrogens is 4. The van der Waals surface area contributed by atoms with Gasteiger partial charge < -0.3 is 0 Å². The Labute approximate surface area is 128 Å². The molecule has 1 aromatic heterocycles. The summed E-state index contributed by atoms with van der Waals surface area (Å²) in [5, 5.41) is 11.1. The Morgan fingerprint density at radius 1 is 1.23 bits per heavy atom. The molecule has 6 nitrogen and oxygen atoms in total. The summed E-state index contributed by atoms with van der Waals surface area (Å²) in [6.45, 7) is 3.58. The van der Waals surface area contributed by atoms with E-state index in [1.54, 1.807) is 13.8 Å². The summed E-state index contributed by atoms with van der Waals surface area (Å²) in [7, 11) is -5.44. The van der Waals surface area contributed by atoms with Crippen LogP contribution in [0.3, 0.4) is 0 Å². The highest BCUT2D eigenvalue weighted by Gasteiger charge is 2.48. The normalized spacial score (nSPS) is 12.8. The van der Waals surface area contributed by atoms with Crippen LogP contribution >= 0.6 is 11.8 Å². The predicted molar refractivity (Wildman–Crippen MR) is 72.0 cm³/mol. The number of alkyl halides is 3. The highest BCUT2D eigenvalue weighted by atomic mass is 32.2. The quantitative estimate of drug-likeness (QED) is 0.842. The predicted octanol–water partition coefficient (Wildman–Crippen LogP) is 2.70. The zero-order valence-corrected chi connectivity index (χ0v) is 13.1. The fourth-order valence-corrected chi connectivity index (χ4v) is 3.78. The number of nitrogens with zero attached hydrogens (tertiary/aromatic N) is 4. The van der Waals surface area contributed by atoms with E-state index in [0.29, 0.717) is 0 Å². The van der Waals surface area contributed by atoms with Crippen molar-refractivity contribution < 1.29 is 21.6 Å². The van der Waals surface area contributed by atoms with Crippen LogP contribution in [0.25, 0.3) is 0 Å². The second-order valence-corrected chi connectivity index (χ2v) is 7.42. The van der Waals surface area contributed by atoms with Crippen LogP contribution in [0.4, 0.5) is 13.2 Å². The van der Waals surface area contributed by atoms with Crippen molar-refractivity contribution in [3.8, 4) is 0 Å². The van der Waals surface area contributed by atoms with Gasteiger partial charge in [0.1, 0.15) is 0 Å². The number of hydrogen-bond acceptors (Lipinski definition) is 6. The van der Waals surface area contributed by atoms with Crippen molar-refractivity contribution in [2.24, 2.45) is 0 Å². The minimum absolute atomic E-state index is 0.0866. The van der Waals surface area contributed by atoms with E-state index in [0.717, 1.165) is 17.8 Å². The third-order valence-corrected chi connectivity index (χ3v) is 5.30. The average Bonchev–Trinajstić information content (AvgIpc) is 2.86. The summed E-state index contributed by atoms with van der Waals surface area (Å²) in [5.41, 5.74) is -5.37.